The van der Waals surface area contributed by atoms with Crippen molar-refractivity contribution in [3.05, 3.63) is 73.6 Å². The molecule has 6 aromatic heterocycles. The molecular weight excluding hydrogens is 376 g/mol. The van der Waals surface area contributed by atoms with Crippen molar-refractivity contribution < 1.29 is 0 Å². The van der Waals surface area contributed by atoms with Crippen LogP contribution in [-0.2, 0) is 0 Å². The molecule has 0 amide bonds. The molecule has 0 atom stereocenters. The summed E-state index contributed by atoms with van der Waals surface area (Å²) >= 11 is 0. The average Bonchev–Trinajstić information content (AvgIpc) is 3.43. The van der Waals surface area contributed by atoms with Gasteiger partial charge in [-0.2, -0.15) is 5.10 Å². The summed E-state index contributed by atoms with van der Waals surface area (Å²) in [6, 6.07) is 11.6. The fourth-order valence-corrected chi connectivity index (χ4v) is 3.52. The second-order valence-electron chi connectivity index (χ2n) is 6.81. The zero-order valence-electron chi connectivity index (χ0n) is 15.6. The quantitative estimate of drug-likeness (QED) is 0.472. The van der Waals surface area contributed by atoms with Crippen molar-refractivity contribution in [1.82, 2.24) is 40.1 Å². The van der Waals surface area contributed by atoms with Gasteiger partial charge in [0.15, 0.2) is 5.82 Å². The first kappa shape index (κ1) is 16.5. The number of fused-ring (bicyclic) bond motifs is 2. The molecule has 0 spiro atoms. The summed E-state index contributed by atoms with van der Waals surface area (Å²) in [5, 5.41) is 8.45. The molecule has 30 heavy (non-hydrogen) atoms. The number of pyridine rings is 4. The van der Waals surface area contributed by atoms with E-state index in [0.29, 0.717) is 5.82 Å². The van der Waals surface area contributed by atoms with Crippen LogP contribution in [0.3, 0.4) is 0 Å². The third-order valence-corrected chi connectivity index (χ3v) is 4.96. The van der Waals surface area contributed by atoms with Crippen LogP contribution in [0, 0.1) is 0 Å². The third kappa shape index (κ3) is 2.62. The summed E-state index contributed by atoms with van der Waals surface area (Å²) in [6.45, 7) is 0. The standard InChI is InChI=1S/C22H14N8/c1-2-7-25-16(5-1)15-10-24-11-19-20(15)28-22(27-19)21-14-8-17(13-4-3-6-23-9-13)26-12-18(14)29-30-21/h1-12H,(H,27,28)(H,29,30). The van der Waals surface area contributed by atoms with Crippen molar-refractivity contribution >= 4 is 21.9 Å². The predicted octanol–water partition coefficient (Wildman–Crippen LogP) is 4.02. The number of aromatic nitrogens is 8. The van der Waals surface area contributed by atoms with Gasteiger partial charge in [-0.3, -0.25) is 25.0 Å². The Morgan fingerprint density at radius 2 is 1.77 bits per heavy atom. The maximum Gasteiger partial charge on any atom is 0.159 e. The van der Waals surface area contributed by atoms with E-state index in [1.165, 1.54) is 0 Å². The number of hydrogen-bond donors (Lipinski definition) is 2. The molecule has 0 fully saturated rings. The fourth-order valence-electron chi connectivity index (χ4n) is 3.52. The molecule has 0 bridgehead atoms. The fraction of sp³-hybridized carbons (Fsp3) is 0. The van der Waals surface area contributed by atoms with Crippen LogP contribution >= 0.6 is 0 Å². The first-order valence-electron chi connectivity index (χ1n) is 9.37. The second-order valence-corrected chi connectivity index (χ2v) is 6.81. The highest BCUT2D eigenvalue weighted by Gasteiger charge is 2.16. The summed E-state index contributed by atoms with van der Waals surface area (Å²) < 4.78 is 0. The van der Waals surface area contributed by atoms with Gasteiger partial charge in [0.25, 0.3) is 0 Å². The lowest BCUT2D eigenvalue weighted by Crippen LogP contribution is -1.86. The van der Waals surface area contributed by atoms with Gasteiger partial charge in [-0.25, -0.2) is 4.98 Å². The second kappa shape index (κ2) is 6.56. The van der Waals surface area contributed by atoms with Crippen molar-refractivity contribution in [2.45, 2.75) is 0 Å². The van der Waals surface area contributed by atoms with Crippen LogP contribution in [0.25, 0.3) is 56.0 Å². The Balaban J connectivity index is 1.52. The minimum atomic E-state index is 0.657. The number of nitrogens with zero attached hydrogens (tertiary/aromatic N) is 6. The largest absolute Gasteiger partial charge is 0.335 e. The van der Waals surface area contributed by atoms with Crippen LogP contribution in [0.15, 0.2) is 73.6 Å². The molecule has 0 aliphatic rings. The van der Waals surface area contributed by atoms with Gasteiger partial charge in [-0.1, -0.05) is 6.07 Å². The van der Waals surface area contributed by atoms with Crippen molar-refractivity contribution in [3.8, 4) is 34.0 Å². The van der Waals surface area contributed by atoms with Crippen LogP contribution in [0.5, 0.6) is 0 Å². The van der Waals surface area contributed by atoms with Gasteiger partial charge >= 0.3 is 0 Å². The molecule has 8 nitrogen and oxygen atoms in total. The van der Waals surface area contributed by atoms with E-state index < -0.39 is 0 Å². The van der Waals surface area contributed by atoms with Gasteiger partial charge < -0.3 is 4.98 Å². The Morgan fingerprint density at radius 1 is 0.767 bits per heavy atom. The van der Waals surface area contributed by atoms with Crippen LogP contribution in [-0.4, -0.2) is 40.1 Å². The van der Waals surface area contributed by atoms with Crippen LogP contribution in [0.2, 0.25) is 0 Å². The van der Waals surface area contributed by atoms with E-state index in [2.05, 4.69) is 35.1 Å². The smallest absolute Gasteiger partial charge is 0.159 e. The highest BCUT2D eigenvalue weighted by atomic mass is 15.1. The highest BCUT2D eigenvalue weighted by Crippen LogP contribution is 2.31. The number of hydrogen-bond acceptors (Lipinski definition) is 6. The van der Waals surface area contributed by atoms with Crippen molar-refractivity contribution in [1.29, 1.82) is 0 Å². The molecule has 0 aliphatic heterocycles. The van der Waals surface area contributed by atoms with E-state index >= 15 is 0 Å². The number of nitrogens with one attached hydrogen (secondary N) is 2. The molecule has 0 aliphatic carbocycles. The van der Waals surface area contributed by atoms with Gasteiger partial charge in [0.2, 0.25) is 0 Å². The first-order valence-corrected chi connectivity index (χ1v) is 9.37. The van der Waals surface area contributed by atoms with Crippen LogP contribution < -0.4 is 0 Å². The van der Waals surface area contributed by atoms with Gasteiger partial charge in [0.05, 0.1) is 34.8 Å². The molecule has 0 unspecified atom stereocenters. The highest BCUT2D eigenvalue weighted by molar-refractivity contribution is 5.96. The molecule has 0 saturated heterocycles. The molecule has 0 saturated carbocycles. The summed E-state index contributed by atoms with van der Waals surface area (Å²) in [7, 11) is 0. The molecular formula is C22H14N8. The molecule has 0 radical (unpaired) electrons. The van der Waals surface area contributed by atoms with Crippen molar-refractivity contribution in [3.63, 3.8) is 0 Å². The summed E-state index contributed by atoms with van der Waals surface area (Å²) in [4.78, 5) is 25.7. The Morgan fingerprint density at radius 3 is 2.63 bits per heavy atom. The lowest BCUT2D eigenvalue weighted by atomic mass is 10.1. The monoisotopic (exact) mass is 390 g/mol. The Kier molecular flexibility index (Phi) is 3.60. The zero-order chi connectivity index (χ0) is 19.9. The lowest BCUT2D eigenvalue weighted by molar-refractivity contribution is 1.10. The van der Waals surface area contributed by atoms with Crippen LogP contribution in [0.4, 0.5) is 0 Å². The minimum Gasteiger partial charge on any atom is -0.335 e. The van der Waals surface area contributed by atoms with Crippen molar-refractivity contribution in [2.75, 3.05) is 0 Å². The van der Waals surface area contributed by atoms with E-state index in [-0.39, 0.29) is 0 Å². The first-order chi connectivity index (χ1) is 14.9. The molecule has 8 heteroatoms. The summed E-state index contributed by atoms with van der Waals surface area (Å²) in [5.74, 6) is 0.657. The maximum absolute atomic E-state index is 4.83. The number of H-pyrrole nitrogens is 2. The maximum atomic E-state index is 4.83. The van der Waals surface area contributed by atoms with E-state index in [4.69, 9.17) is 4.98 Å². The van der Waals surface area contributed by atoms with Gasteiger partial charge in [-0.15, -0.1) is 0 Å². The number of rotatable bonds is 3. The molecule has 6 aromatic rings. The van der Waals surface area contributed by atoms with Gasteiger partial charge in [-0.05, 0) is 30.3 Å². The Bertz CT molecular complexity index is 1490. The SMILES string of the molecule is c1ccc(-c2cncc3[nH]c(-c4n[nH]c5cnc(-c6cccnc6)cc45)nc23)nc1. The van der Waals surface area contributed by atoms with E-state index in [1.54, 1.807) is 37.2 Å². The van der Waals surface area contributed by atoms with E-state index in [1.807, 2.05) is 36.4 Å². The third-order valence-electron chi connectivity index (χ3n) is 4.96. The van der Waals surface area contributed by atoms with Crippen LogP contribution in [0.1, 0.15) is 0 Å². The Hall–Kier alpha value is -4.46. The molecule has 6 rings (SSSR count). The molecule has 142 valence electrons. The summed E-state index contributed by atoms with van der Waals surface area (Å²) in [5.41, 5.74) is 6.64. The van der Waals surface area contributed by atoms with E-state index in [0.717, 1.165) is 50.1 Å². The molecule has 6 heterocycles. The topological polar surface area (TPSA) is 109 Å². The number of aromatic amines is 2. The average molecular weight is 390 g/mol. The number of imidazole rings is 1. The van der Waals surface area contributed by atoms with Gasteiger partial charge in [0, 0.05) is 41.3 Å². The normalized spacial score (nSPS) is 11.3. The molecule has 2 N–H and O–H groups in total. The Labute approximate surface area is 170 Å². The summed E-state index contributed by atoms with van der Waals surface area (Å²) in [6.07, 6.45) is 10.6. The zero-order valence-corrected chi connectivity index (χ0v) is 15.6. The minimum absolute atomic E-state index is 0.657. The molecule has 0 aromatic carbocycles. The van der Waals surface area contributed by atoms with Crippen molar-refractivity contribution in [2.24, 2.45) is 0 Å². The lowest BCUT2D eigenvalue weighted by Gasteiger charge is -2.00. The predicted molar refractivity (Wildman–Crippen MR) is 113 cm³/mol. The van der Waals surface area contributed by atoms with Gasteiger partial charge in [0.1, 0.15) is 11.2 Å². The van der Waals surface area contributed by atoms with E-state index in [9.17, 15) is 0 Å².